The summed E-state index contributed by atoms with van der Waals surface area (Å²) < 4.78 is 36.4. The second kappa shape index (κ2) is 7.91. The molecule has 4 aromatic rings. The Bertz CT molecular complexity index is 1410. The molecule has 0 amide bonds. The number of sulfonamides is 1. The van der Waals surface area contributed by atoms with Gasteiger partial charge in [-0.15, -0.1) is 0 Å². The third-order valence-corrected chi connectivity index (χ3v) is 7.80. The van der Waals surface area contributed by atoms with Gasteiger partial charge in [-0.2, -0.15) is 0 Å². The minimum atomic E-state index is -3.91. The first-order valence-corrected chi connectivity index (χ1v) is 12.3. The van der Waals surface area contributed by atoms with Crippen LogP contribution >= 0.6 is 11.3 Å². The van der Waals surface area contributed by atoms with Gasteiger partial charge in [0.15, 0.2) is 4.96 Å². The number of hydrogen-bond acceptors (Lipinski definition) is 6. The highest BCUT2D eigenvalue weighted by atomic mass is 32.2. The number of nitrogens with zero attached hydrogens (tertiary/aromatic N) is 2. The van der Waals surface area contributed by atoms with Crippen molar-refractivity contribution in [2.45, 2.75) is 38.2 Å². The summed E-state index contributed by atoms with van der Waals surface area (Å²) in [7, 11) is -2.47. The first-order valence-electron chi connectivity index (χ1n) is 9.99. The van der Waals surface area contributed by atoms with Crippen molar-refractivity contribution in [3.63, 3.8) is 0 Å². The van der Waals surface area contributed by atoms with Crippen molar-refractivity contribution in [3.05, 3.63) is 64.8 Å². The summed E-state index contributed by atoms with van der Waals surface area (Å²) in [5.74, 6) is 0.245. The van der Waals surface area contributed by atoms with Crippen molar-refractivity contribution < 1.29 is 18.3 Å². The highest BCUT2D eigenvalue weighted by molar-refractivity contribution is 7.92. The Labute approximate surface area is 191 Å². The lowest BCUT2D eigenvalue weighted by Crippen LogP contribution is -2.14. The van der Waals surface area contributed by atoms with Crippen molar-refractivity contribution in [2.24, 2.45) is 0 Å². The monoisotopic (exact) mass is 471 g/mol. The van der Waals surface area contributed by atoms with Gasteiger partial charge < -0.3 is 9.84 Å². The zero-order valence-corrected chi connectivity index (χ0v) is 20.1. The first kappa shape index (κ1) is 22.3. The minimum absolute atomic E-state index is 0.0336. The summed E-state index contributed by atoms with van der Waals surface area (Å²) in [5.41, 5.74) is 2.64. The summed E-state index contributed by atoms with van der Waals surface area (Å²) >= 11 is 1.40. The molecule has 2 N–H and O–H groups in total. The van der Waals surface area contributed by atoms with Gasteiger partial charge in [0.2, 0.25) is 0 Å². The molecule has 2 heterocycles. The fourth-order valence-corrected chi connectivity index (χ4v) is 5.81. The van der Waals surface area contributed by atoms with Crippen LogP contribution < -0.4 is 9.46 Å². The summed E-state index contributed by atoms with van der Waals surface area (Å²) in [5, 5.41) is 10.4. The van der Waals surface area contributed by atoms with Gasteiger partial charge in [0, 0.05) is 17.4 Å². The highest BCUT2D eigenvalue weighted by Gasteiger charge is 2.25. The molecule has 2 aromatic carbocycles. The van der Waals surface area contributed by atoms with E-state index in [9.17, 15) is 13.5 Å². The lowest BCUT2D eigenvalue weighted by atomic mass is 10.1. The number of rotatable bonds is 6. The maximum Gasteiger partial charge on any atom is 0.265 e. The Morgan fingerprint density at radius 2 is 1.91 bits per heavy atom. The quantitative estimate of drug-likeness (QED) is 0.425. The van der Waals surface area contributed by atoms with E-state index in [1.807, 2.05) is 36.6 Å². The number of imidazole rings is 1. The predicted molar refractivity (Wildman–Crippen MR) is 127 cm³/mol. The van der Waals surface area contributed by atoms with Crippen molar-refractivity contribution in [2.75, 3.05) is 11.8 Å². The van der Waals surface area contributed by atoms with Gasteiger partial charge in [-0.05, 0) is 63.6 Å². The number of aromatic nitrogens is 2. The molecule has 0 saturated heterocycles. The molecule has 0 saturated carbocycles. The molecule has 0 aliphatic heterocycles. The fraction of sp³-hybridized carbons (Fsp3) is 0.261. The third kappa shape index (κ3) is 4.11. The molecule has 4 rings (SSSR count). The van der Waals surface area contributed by atoms with E-state index in [-0.39, 0.29) is 10.6 Å². The molecule has 0 atom stereocenters. The second-order valence-corrected chi connectivity index (χ2v) is 10.9. The number of thiazole rings is 1. The van der Waals surface area contributed by atoms with Gasteiger partial charge in [-0.1, -0.05) is 23.5 Å². The molecule has 2 aromatic heterocycles. The average molecular weight is 472 g/mol. The first-order chi connectivity index (χ1) is 15.0. The Balaban J connectivity index is 1.84. The molecule has 0 fully saturated rings. The average Bonchev–Trinajstić information content (AvgIpc) is 3.24. The van der Waals surface area contributed by atoms with Crippen LogP contribution in [0.1, 0.15) is 30.0 Å². The normalized spacial score (nSPS) is 12.3. The van der Waals surface area contributed by atoms with Crippen LogP contribution in [-0.4, -0.2) is 30.0 Å². The number of methoxy groups -OCH3 is 1. The number of aliphatic hydroxyl groups is 1. The lowest BCUT2D eigenvalue weighted by molar-refractivity contribution is 0.0822. The number of ether oxygens (including phenoxy) is 1. The van der Waals surface area contributed by atoms with Gasteiger partial charge in [0.25, 0.3) is 10.0 Å². The molecular weight excluding hydrogens is 446 g/mol. The van der Waals surface area contributed by atoms with Crippen LogP contribution in [0.15, 0.2) is 53.6 Å². The Morgan fingerprint density at radius 1 is 1.16 bits per heavy atom. The van der Waals surface area contributed by atoms with Crippen LogP contribution in [0.25, 0.3) is 16.2 Å². The summed E-state index contributed by atoms with van der Waals surface area (Å²) in [6.07, 6.45) is 1.85. The molecule has 32 heavy (non-hydrogen) atoms. The molecule has 0 aliphatic carbocycles. The Morgan fingerprint density at radius 3 is 2.56 bits per heavy atom. The van der Waals surface area contributed by atoms with E-state index >= 15 is 0 Å². The SMILES string of the molecule is COc1ccc(-c2c(C)nc3sc(C(C)(C)O)cn23)cc1S(=O)(=O)Nc1cccc(C)c1. The molecule has 0 bridgehead atoms. The summed E-state index contributed by atoms with van der Waals surface area (Å²) in [6.45, 7) is 7.22. The number of anilines is 1. The topological polar surface area (TPSA) is 92.9 Å². The third-order valence-electron chi connectivity index (χ3n) is 5.10. The predicted octanol–water partition coefficient (Wildman–Crippen LogP) is 4.72. The van der Waals surface area contributed by atoms with E-state index < -0.39 is 15.6 Å². The van der Waals surface area contributed by atoms with Crippen LogP contribution in [-0.2, 0) is 15.6 Å². The molecule has 9 heteroatoms. The van der Waals surface area contributed by atoms with Crippen LogP contribution in [0.3, 0.4) is 0 Å². The van der Waals surface area contributed by atoms with Gasteiger partial charge >= 0.3 is 0 Å². The van der Waals surface area contributed by atoms with E-state index in [4.69, 9.17) is 4.74 Å². The summed E-state index contributed by atoms with van der Waals surface area (Å²) in [4.78, 5) is 6.14. The summed E-state index contributed by atoms with van der Waals surface area (Å²) in [6, 6.07) is 12.2. The Kier molecular flexibility index (Phi) is 5.52. The molecule has 0 radical (unpaired) electrons. The van der Waals surface area contributed by atoms with Gasteiger partial charge in [-0.3, -0.25) is 9.12 Å². The largest absolute Gasteiger partial charge is 0.495 e. The standard InChI is InChI=1S/C23H25N3O4S2/c1-14-7-6-8-17(11-14)25-32(28,29)19-12-16(9-10-18(19)30-5)21-15(2)24-22-26(21)13-20(31-22)23(3,4)27/h6-13,25,27H,1-5H3. The lowest BCUT2D eigenvalue weighted by Gasteiger charge is -2.14. The number of benzene rings is 2. The van der Waals surface area contributed by atoms with Crippen molar-refractivity contribution in [1.82, 2.24) is 9.38 Å². The van der Waals surface area contributed by atoms with Gasteiger partial charge in [0.05, 0.1) is 29.0 Å². The molecule has 0 unspecified atom stereocenters. The Hall–Kier alpha value is -2.88. The zero-order valence-electron chi connectivity index (χ0n) is 18.5. The van der Waals surface area contributed by atoms with E-state index in [0.717, 1.165) is 26.8 Å². The van der Waals surface area contributed by atoms with E-state index in [2.05, 4.69) is 9.71 Å². The minimum Gasteiger partial charge on any atom is -0.495 e. The maximum atomic E-state index is 13.3. The number of nitrogens with one attached hydrogen (secondary N) is 1. The maximum absolute atomic E-state index is 13.3. The van der Waals surface area contributed by atoms with Gasteiger partial charge in [-0.25, -0.2) is 13.4 Å². The van der Waals surface area contributed by atoms with Crippen molar-refractivity contribution in [3.8, 4) is 17.0 Å². The van der Waals surface area contributed by atoms with Crippen LogP contribution in [0.5, 0.6) is 5.75 Å². The second-order valence-electron chi connectivity index (χ2n) is 8.19. The van der Waals surface area contributed by atoms with Crippen LogP contribution in [0, 0.1) is 13.8 Å². The van der Waals surface area contributed by atoms with Crippen LogP contribution in [0.4, 0.5) is 5.69 Å². The molecule has 168 valence electrons. The van der Waals surface area contributed by atoms with Crippen molar-refractivity contribution in [1.29, 1.82) is 0 Å². The smallest absolute Gasteiger partial charge is 0.265 e. The van der Waals surface area contributed by atoms with E-state index in [1.54, 1.807) is 44.2 Å². The van der Waals surface area contributed by atoms with Gasteiger partial charge in [0.1, 0.15) is 10.6 Å². The van der Waals surface area contributed by atoms with Crippen molar-refractivity contribution >= 4 is 32.0 Å². The molecule has 0 spiro atoms. The molecular formula is C23H25N3O4S2. The zero-order chi connectivity index (χ0) is 23.3. The number of fused-ring (bicyclic) bond motifs is 1. The van der Waals surface area contributed by atoms with E-state index in [1.165, 1.54) is 18.4 Å². The van der Waals surface area contributed by atoms with E-state index in [0.29, 0.717) is 11.3 Å². The molecule has 7 nitrogen and oxygen atoms in total. The highest BCUT2D eigenvalue weighted by Crippen LogP contribution is 2.36. The number of aryl methyl sites for hydroxylation is 2. The van der Waals surface area contributed by atoms with Crippen LogP contribution in [0.2, 0.25) is 0 Å². The fourth-order valence-electron chi connectivity index (χ4n) is 3.54. The number of hydrogen-bond donors (Lipinski definition) is 2. The molecule has 0 aliphatic rings.